The summed E-state index contributed by atoms with van der Waals surface area (Å²) in [6, 6.07) is 3.27. The second kappa shape index (κ2) is 7.22. The summed E-state index contributed by atoms with van der Waals surface area (Å²) < 4.78 is 88.4. The third-order valence-electron chi connectivity index (χ3n) is 4.10. The smallest absolute Gasteiger partial charge is 0.213 e. The highest BCUT2D eigenvalue weighted by atomic mass is 32.2. The van der Waals surface area contributed by atoms with E-state index < -0.39 is 31.8 Å². The van der Waals surface area contributed by atoms with Crippen LogP contribution in [0.15, 0.2) is 29.2 Å². The van der Waals surface area contributed by atoms with Crippen molar-refractivity contribution in [1.82, 2.24) is 9.03 Å². The van der Waals surface area contributed by atoms with E-state index in [-0.39, 0.29) is 17.4 Å². The molecule has 0 aliphatic carbocycles. The summed E-state index contributed by atoms with van der Waals surface area (Å²) in [4.78, 5) is -0.242. The summed E-state index contributed by atoms with van der Waals surface area (Å²) in [5.41, 5.74) is -0.917. The molecule has 0 spiro atoms. The summed E-state index contributed by atoms with van der Waals surface area (Å²) in [6.07, 6.45) is -2.37. The van der Waals surface area contributed by atoms with Gasteiger partial charge in [0, 0.05) is 19.6 Å². The van der Waals surface area contributed by atoms with E-state index >= 15 is 0 Å². The summed E-state index contributed by atoms with van der Waals surface area (Å²) in [5, 5.41) is 0. The van der Waals surface area contributed by atoms with E-state index in [1.54, 1.807) is 0 Å². The first-order valence-electron chi connectivity index (χ1n) is 7.51. The lowest BCUT2D eigenvalue weighted by Crippen LogP contribution is -2.41. The number of rotatable bonds is 5. The van der Waals surface area contributed by atoms with Crippen LogP contribution in [0.1, 0.15) is 18.4 Å². The first-order chi connectivity index (χ1) is 11.4. The monoisotopic (exact) mass is 400 g/mol. The molecule has 1 aromatic rings. The van der Waals surface area contributed by atoms with Gasteiger partial charge in [0.1, 0.15) is 0 Å². The summed E-state index contributed by atoms with van der Waals surface area (Å²) in [7, 11) is -7.16. The highest BCUT2D eigenvalue weighted by molar-refractivity contribution is 7.89. The molecule has 0 amide bonds. The number of nitrogens with one attached hydrogen (secondary N) is 1. The molecule has 0 saturated carbocycles. The molecule has 0 unspecified atom stereocenters. The van der Waals surface area contributed by atoms with Crippen LogP contribution in [-0.2, 0) is 26.2 Å². The van der Waals surface area contributed by atoms with Crippen molar-refractivity contribution in [2.75, 3.05) is 25.9 Å². The molecule has 2 rings (SSSR count). The predicted octanol–water partition coefficient (Wildman–Crippen LogP) is 1.66. The first kappa shape index (κ1) is 20.1. The van der Waals surface area contributed by atoms with Crippen molar-refractivity contribution in [1.29, 1.82) is 0 Å². The summed E-state index contributed by atoms with van der Waals surface area (Å²) in [5.74, 6) is -0.0257. The van der Waals surface area contributed by atoms with Crippen molar-refractivity contribution in [2.45, 2.75) is 23.9 Å². The third kappa shape index (κ3) is 5.40. The fraction of sp³-hybridized carbons (Fsp3) is 0.571. The number of hydrogen-bond donors (Lipinski definition) is 1. The SMILES string of the molecule is CS(=O)(=O)N1CCC(CNS(=O)(=O)c2ccc(C(F)(F)F)cc2)CC1. The molecule has 1 aliphatic heterocycles. The summed E-state index contributed by atoms with van der Waals surface area (Å²) >= 11 is 0. The molecule has 0 aromatic heterocycles. The van der Waals surface area contributed by atoms with Gasteiger partial charge in [-0.2, -0.15) is 13.2 Å². The lowest BCUT2D eigenvalue weighted by atomic mass is 9.99. The largest absolute Gasteiger partial charge is 0.416 e. The Bertz CT molecular complexity index is 797. The van der Waals surface area contributed by atoms with Gasteiger partial charge in [0.2, 0.25) is 20.0 Å². The Kier molecular flexibility index (Phi) is 5.81. The number of piperidine rings is 1. The van der Waals surface area contributed by atoms with Gasteiger partial charge in [0.25, 0.3) is 0 Å². The maximum Gasteiger partial charge on any atom is 0.416 e. The topological polar surface area (TPSA) is 83.6 Å². The molecule has 6 nitrogen and oxygen atoms in total. The van der Waals surface area contributed by atoms with Gasteiger partial charge in [0.05, 0.1) is 16.7 Å². The number of sulfonamides is 2. The first-order valence-corrected chi connectivity index (χ1v) is 10.8. The van der Waals surface area contributed by atoms with Gasteiger partial charge in [0.15, 0.2) is 0 Å². The van der Waals surface area contributed by atoms with E-state index in [9.17, 15) is 30.0 Å². The van der Waals surface area contributed by atoms with Crippen LogP contribution in [0.5, 0.6) is 0 Å². The number of benzene rings is 1. The van der Waals surface area contributed by atoms with Crippen molar-refractivity contribution < 1.29 is 30.0 Å². The number of nitrogens with zero attached hydrogens (tertiary/aromatic N) is 1. The lowest BCUT2D eigenvalue weighted by Gasteiger charge is -2.30. The van der Waals surface area contributed by atoms with Gasteiger partial charge in [-0.15, -0.1) is 0 Å². The highest BCUT2D eigenvalue weighted by Gasteiger charge is 2.31. The quantitative estimate of drug-likeness (QED) is 0.815. The Labute approximate surface area is 145 Å². The molecule has 1 fully saturated rings. The van der Waals surface area contributed by atoms with Crippen LogP contribution in [0.4, 0.5) is 13.2 Å². The molecule has 1 heterocycles. The molecule has 1 N–H and O–H groups in total. The standard InChI is InChI=1S/C14H19F3N2O4S2/c1-24(20,21)19-8-6-11(7-9-19)10-18-25(22,23)13-4-2-12(3-5-13)14(15,16)17/h2-5,11,18H,6-10H2,1H3. The van der Waals surface area contributed by atoms with Crippen LogP contribution in [0.2, 0.25) is 0 Å². The molecule has 0 atom stereocenters. The van der Waals surface area contributed by atoms with Crippen molar-refractivity contribution in [3.8, 4) is 0 Å². The molecule has 25 heavy (non-hydrogen) atoms. The Balaban J connectivity index is 1.94. The number of hydrogen-bond acceptors (Lipinski definition) is 4. The molecule has 1 saturated heterocycles. The molecule has 0 bridgehead atoms. The molecular formula is C14H19F3N2O4S2. The zero-order chi connectivity index (χ0) is 18.9. The molecule has 11 heteroatoms. The number of alkyl halides is 3. The minimum atomic E-state index is -4.52. The Hall–Kier alpha value is -1.17. The van der Waals surface area contributed by atoms with Crippen LogP contribution in [0.25, 0.3) is 0 Å². The predicted molar refractivity (Wildman–Crippen MR) is 85.8 cm³/mol. The van der Waals surface area contributed by atoms with Gasteiger partial charge >= 0.3 is 6.18 Å². The van der Waals surface area contributed by atoms with Crippen LogP contribution < -0.4 is 4.72 Å². The maximum absolute atomic E-state index is 12.5. The van der Waals surface area contributed by atoms with Gasteiger partial charge in [-0.3, -0.25) is 0 Å². The zero-order valence-electron chi connectivity index (χ0n) is 13.5. The average Bonchev–Trinajstić information content (AvgIpc) is 2.52. The van der Waals surface area contributed by atoms with E-state index in [2.05, 4.69) is 4.72 Å². The van der Waals surface area contributed by atoms with Crippen molar-refractivity contribution in [3.63, 3.8) is 0 Å². The van der Waals surface area contributed by atoms with E-state index in [0.29, 0.717) is 25.9 Å². The Morgan fingerprint density at radius 2 is 1.60 bits per heavy atom. The van der Waals surface area contributed by atoms with E-state index in [1.165, 1.54) is 4.31 Å². The van der Waals surface area contributed by atoms with E-state index in [4.69, 9.17) is 0 Å². The van der Waals surface area contributed by atoms with Crippen LogP contribution in [-0.4, -0.2) is 47.0 Å². The number of halogens is 3. The fourth-order valence-electron chi connectivity index (χ4n) is 2.58. The third-order valence-corrected chi connectivity index (χ3v) is 6.84. The van der Waals surface area contributed by atoms with Gasteiger partial charge < -0.3 is 0 Å². The van der Waals surface area contributed by atoms with Crippen molar-refractivity contribution in [2.24, 2.45) is 5.92 Å². The van der Waals surface area contributed by atoms with E-state index in [0.717, 1.165) is 30.5 Å². The van der Waals surface area contributed by atoms with Crippen molar-refractivity contribution in [3.05, 3.63) is 29.8 Å². The van der Waals surface area contributed by atoms with Gasteiger partial charge in [-0.05, 0) is 43.0 Å². The molecular weight excluding hydrogens is 381 g/mol. The molecule has 1 aliphatic rings. The maximum atomic E-state index is 12.5. The minimum absolute atomic E-state index is 0.0257. The molecule has 1 aromatic carbocycles. The second-order valence-corrected chi connectivity index (χ2v) is 9.73. The average molecular weight is 400 g/mol. The van der Waals surface area contributed by atoms with Crippen molar-refractivity contribution >= 4 is 20.0 Å². The minimum Gasteiger partial charge on any atom is -0.213 e. The Morgan fingerprint density at radius 1 is 1.08 bits per heavy atom. The van der Waals surface area contributed by atoms with Gasteiger partial charge in [-0.25, -0.2) is 25.9 Å². The molecule has 142 valence electrons. The highest BCUT2D eigenvalue weighted by Crippen LogP contribution is 2.29. The fourth-order valence-corrected chi connectivity index (χ4v) is 4.57. The summed E-state index contributed by atoms with van der Waals surface area (Å²) in [6.45, 7) is 0.762. The van der Waals surface area contributed by atoms with Crippen LogP contribution >= 0.6 is 0 Å². The normalized spacial score (nSPS) is 18.4. The Morgan fingerprint density at radius 3 is 2.04 bits per heavy atom. The molecule has 0 radical (unpaired) electrons. The van der Waals surface area contributed by atoms with Crippen LogP contribution in [0.3, 0.4) is 0 Å². The second-order valence-electron chi connectivity index (χ2n) is 5.98. The lowest BCUT2D eigenvalue weighted by molar-refractivity contribution is -0.137. The zero-order valence-corrected chi connectivity index (χ0v) is 15.1. The van der Waals surface area contributed by atoms with E-state index in [1.807, 2.05) is 0 Å². The van der Waals surface area contributed by atoms with Gasteiger partial charge in [-0.1, -0.05) is 0 Å². The van der Waals surface area contributed by atoms with Crippen LogP contribution in [0, 0.1) is 5.92 Å².